The highest BCUT2D eigenvalue weighted by Crippen LogP contribution is 2.32. The van der Waals surface area contributed by atoms with Crippen LogP contribution in [0.2, 0.25) is 0 Å². The predicted octanol–water partition coefficient (Wildman–Crippen LogP) is 4.30. The van der Waals surface area contributed by atoms with E-state index in [1.165, 1.54) is 6.07 Å². The summed E-state index contributed by atoms with van der Waals surface area (Å²) in [4.78, 5) is 11.5. The number of carbonyl (C=O) groups is 1. The Kier molecular flexibility index (Phi) is 4.08. The Hall–Kier alpha value is -3.08. The van der Waals surface area contributed by atoms with Crippen molar-refractivity contribution in [2.24, 2.45) is 0 Å². The molecule has 5 heteroatoms. The Bertz CT molecular complexity index is 915. The molecule has 0 spiro atoms. The number of benzene rings is 2. The lowest BCUT2D eigenvalue weighted by Crippen LogP contribution is -2.04. The zero-order valence-electron chi connectivity index (χ0n) is 13.3. The van der Waals surface area contributed by atoms with Gasteiger partial charge in [0.15, 0.2) is 0 Å². The first kappa shape index (κ1) is 15.8. The third-order valence-electron chi connectivity index (χ3n) is 3.94. The van der Waals surface area contributed by atoms with Gasteiger partial charge in [0, 0.05) is 11.3 Å². The second-order valence-electron chi connectivity index (χ2n) is 5.35. The van der Waals surface area contributed by atoms with E-state index in [1.54, 1.807) is 55.0 Å². The van der Waals surface area contributed by atoms with E-state index in [4.69, 9.17) is 4.74 Å². The van der Waals surface area contributed by atoms with Crippen molar-refractivity contribution in [3.05, 3.63) is 71.7 Å². The molecule has 122 valence electrons. The molecule has 3 rings (SSSR count). The lowest BCUT2D eigenvalue weighted by atomic mass is 10.1. The number of nitrogens with zero attached hydrogens (tertiary/aromatic N) is 1. The lowest BCUT2D eigenvalue weighted by molar-refractivity contribution is 0.0696. The molecule has 2 aromatic carbocycles. The minimum Gasteiger partial charge on any atom is -0.497 e. The normalized spacial score (nSPS) is 10.6. The largest absolute Gasteiger partial charge is 0.497 e. The summed E-state index contributed by atoms with van der Waals surface area (Å²) in [5.41, 5.74) is 2.24. The van der Waals surface area contributed by atoms with Crippen molar-refractivity contribution >= 4 is 5.97 Å². The second-order valence-corrected chi connectivity index (χ2v) is 5.35. The first-order valence-corrected chi connectivity index (χ1v) is 7.38. The number of methoxy groups -OCH3 is 1. The molecule has 0 aliphatic rings. The number of halogens is 1. The highest BCUT2D eigenvalue weighted by molar-refractivity contribution is 5.91. The summed E-state index contributed by atoms with van der Waals surface area (Å²) in [7, 11) is 1.56. The zero-order valence-corrected chi connectivity index (χ0v) is 13.3. The summed E-state index contributed by atoms with van der Waals surface area (Å²) in [5.74, 6) is -0.827. The van der Waals surface area contributed by atoms with E-state index < -0.39 is 11.8 Å². The molecule has 4 nitrogen and oxygen atoms in total. The van der Waals surface area contributed by atoms with Crippen LogP contribution in [0.4, 0.5) is 4.39 Å². The van der Waals surface area contributed by atoms with Crippen LogP contribution in [-0.2, 0) is 0 Å². The van der Waals surface area contributed by atoms with E-state index in [0.29, 0.717) is 22.8 Å². The van der Waals surface area contributed by atoms with Crippen molar-refractivity contribution in [3.63, 3.8) is 0 Å². The summed E-state index contributed by atoms with van der Waals surface area (Å²) >= 11 is 0. The molecule has 3 aromatic rings. The van der Waals surface area contributed by atoms with Crippen LogP contribution in [0.1, 0.15) is 16.1 Å². The van der Waals surface area contributed by atoms with E-state index in [2.05, 4.69) is 0 Å². The van der Waals surface area contributed by atoms with Gasteiger partial charge in [-0.3, -0.25) is 0 Å². The molecule has 1 aromatic heterocycles. The highest BCUT2D eigenvalue weighted by Gasteiger charge is 2.20. The van der Waals surface area contributed by atoms with Gasteiger partial charge in [-0.1, -0.05) is 24.3 Å². The van der Waals surface area contributed by atoms with Crippen LogP contribution < -0.4 is 4.74 Å². The Morgan fingerprint density at radius 2 is 1.88 bits per heavy atom. The molecular weight excluding hydrogens is 309 g/mol. The molecule has 0 saturated carbocycles. The molecule has 24 heavy (non-hydrogen) atoms. The fourth-order valence-electron chi connectivity index (χ4n) is 2.76. The van der Waals surface area contributed by atoms with E-state index in [9.17, 15) is 14.3 Å². The smallest absolute Gasteiger partial charge is 0.337 e. The molecule has 0 aliphatic heterocycles. The van der Waals surface area contributed by atoms with Crippen molar-refractivity contribution in [1.29, 1.82) is 0 Å². The number of hydrogen-bond donors (Lipinski definition) is 1. The number of ether oxygens (including phenoxy) is 1. The zero-order chi connectivity index (χ0) is 17.3. The van der Waals surface area contributed by atoms with E-state index in [-0.39, 0.29) is 5.56 Å². The van der Waals surface area contributed by atoms with Gasteiger partial charge in [-0.2, -0.15) is 0 Å². The molecule has 0 fully saturated rings. The molecule has 1 heterocycles. The molecule has 0 saturated heterocycles. The van der Waals surface area contributed by atoms with E-state index >= 15 is 0 Å². The maximum absolute atomic E-state index is 14.3. The first-order chi connectivity index (χ1) is 11.5. The van der Waals surface area contributed by atoms with Gasteiger partial charge in [-0.15, -0.1) is 0 Å². The van der Waals surface area contributed by atoms with Crippen LogP contribution in [-0.4, -0.2) is 22.8 Å². The number of para-hydroxylation sites is 1. The quantitative estimate of drug-likeness (QED) is 0.778. The number of aromatic nitrogens is 1. The Balaban J connectivity index is 2.31. The van der Waals surface area contributed by atoms with Crippen molar-refractivity contribution in [2.75, 3.05) is 7.11 Å². The summed E-state index contributed by atoms with van der Waals surface area (Å²) < 4.78 is 21.2. The standard InChI is InChI=1S/C19H16FNO3/c1-12-15(19(22)23)11-18(13-6-5-7-14(10-13)24-2)21(12)17-9-4-3-8-16(17)20/h3-11H,1-2H3,(H,22,23). The highest BCUT2D eigenvalue weighted by atomic mass is 19.1. The summed E-state index contributed by atoms with van der Waals surface area (Å²) in [5, 5.41) is 9.44. The Labute approximate surface area is 138 Å². The van der Waals surface area contributed by atoms with Crippen LogP contribution in [0, 0.1) is 12.7 Å². The number of aromatic carboxylic acids is 1. The Morgan fingerprint density at radius 3 is 2.54 bits per heavy atom. The second kappa shape index (κ2) is 6.20. The monoisotopic (exact) mass is 325 g/mol. The van der Waals surface area contributed by atoms with Gasteiger partial charge in [0.1, 0.15) is 11.6 Å². The minimum atomic E-state index is -1.05. The topological polar surface area (TPSA) is 51.5 Å². The van der Waals surface area contributed by atoms with Crippen molar-refractivity contribution < 1.29 is 19.0 Å². The number of rotatable bonds is 4. The molecule has 1 N–H and O–H groups in total. The molecule has 0 radical (unpaired) electrons. The van der Waals surface area contributed by atoms with E-state index in [0.717, 1.165) is 5.56 Å². The maximum atomic E-state index is 14.3. The molecule has 0 bridgehead atoms. The fourth-order valence-corrected chi connectivity index (χ4v) is 2.76. The van der Waals surface area contributed by atoms with Gasteiger partial charge >= 0.3 is 5.97 Å². The van der Waals surface area contributed by atoms with Gasteiger partial charge in [-0.25, -0.2) is 9.18 Å². The summed E-state index contributed by atoms with van der Waals surface area (Å²) in [6, 6.07) is 15.1. The van der Waals surface area contributed by atoms with Crippen LogP contribution in [0.5, 0.6) is 5.75 Å². The van der Waals surface area contributed by atoms with Crippen molar-refractivity contribution in [2.45, 2.75) is 6.92 Å². The predicted molar refractivity (Wildman–Crippen MR) is 89.4 cm³/mol. The molecule has 0 atom stereocenters. The van der Waals surface area contributed by atoms with Gasteiger partial charge in [0.25, 0.3) is 0 Å². The van der Waals surface area contributed by atoms with Crippen molar-refractivity contribution in [3.8, 4) is 22.7 Å². The van der Waals surface area contributed by atoms with Crippen molar-refractivity contribution in [1.82, 2.24) is 4.57 Å². The minimum absolute atomic E-state index is 0.135. The average Bonchev–Trinajstić information content (AvgIpc) is 2.93. The van der Waals surface area contributed by atoms with Gasteiger partial charge < -0.3 is 14.4 Å². The maximum Gasteiger partial charge on any atom is 0.337 e. The molecular formula is C19H16FNO3. The lowest BCUT2D eigenvalue weighted by Gasteiger charge is -2.13. The first-order valence-electron chi connectivity index (χ1n) is 7.38. The van der Waals surface area contributed by atoms with Crippen LogP contribution in [0.25, 0.3) is 16.9 Å². The third-order valence-corrected chi connectivity index (χ3v) is 3.94. The number of carboxylic acid groups (broad SMARTS) is 1. The molecule has 0 aliphatic carbocycles. The van der Waals surface area contributed by atoms with Crippen LogP contribution in [0.3, 0.4) is 0 Å². The van der Waals surface area contributed by atoms with Crippen LogP contribution >= 0.6 is 0 Å². The SMILES string of the molecule is COc1cccc(-c2cc(C(=O)O)c(C)n2-c2ccccc2F)c1. The average molecular weight is 325 g/mol. The molecule has 0 amide bonds. The van der Waals surface area contributed by atoms with Crippen LogP contribution in [0.15, 0.2) is 54.6 Å². The third kappa shape index (κ3) is 2.65. The Morgan fingerprint density at radius 1 is 1.12 bits per heavy atom. The molecule has 0 unspecified atom stereocenters. The van der Waals surface area contributed by atoms with Gasteiger partial charge in [0.2, 0.25) is 0 Å². The van der Waals surface area contributed by atoms with E-state index in [1.807, 2.05) is 12.1 Å². The summed E-state index contributed by atoms with van der Waals surface area (Å²) in [6.45, 7) is 1.67. The fraction of sp³-hybridized carbons (Fsp3) is 0.105. The number of hydrogen-bond acceptors (Lipinski definition) is 2. The summed E-state index contributed by atoms with van der Waals surface area (Å²) in [6.07, 6.45) is 0. The number of carboxylic acids is 1. The van der Waals surface area contributed by atoms with Gasteiger partial charge in [0.05, 0.1) is 24.1 Å². The van der Waals surface area contributed by atoms with Gasteiger partial charge in [-0.05, 0) is 37.3 Å².